The molecule has 0 spiro atoms. The lowest BCUT2D eigenvalue weighted by Gasteiger charge is -2.21. The van der Waals surface area contributed by atoms with Crippen LogP contribution in [-0.2, 0) is 9.53 Å². The van der Waals surface area contributed by atoms with E-state index in [4.69, 9.17) is 32.7 Å². The predicted octanol–water partition coefficient (Wildman–Crippen LogP) is 6.61. The summed E-state index contributed by atoms with van der Waals surface area (Å²) in [5.74, 6) is -1.84. The van der Waals surface area contributed by atoms with Crippen LogP contribution in [0.3, 0.4) is 0 Å². The van der Waals surface area contributed by atoms with Gasteiger partial charge in [0.2, 0.25) is 12.0 Å². The molecule has 3 unspecified atom stereocenters. The van der Waals surface area contributed by atoms with Gasteiger partial charge in [0.1, 0.15) is 10.2 Å². The molecular weight excluding hydrogens is 442 g/mol. The molecule has 3 rings (SSSR count). The zero-order chi connectivity index (χ0) is 22.1. The molecule has 3 atom stereocenters. The van der Waals surface area contributed by atoms with Crippen molar-refractivity contribution in [1.82, 2.24) is 4.98 Å². The van der Waals surface area contributed by atoms with Crippen molar-refractivity contribution >= 4 is 29.2 Å². The molecule has 2 aromatic rings. The summed E-state index contributed by atoms with van der Waals surface area (Å²) in [7, 11) is 0. The minimum Gasteiger partial charge on any atom is -0.446 e. The molecule has 1 aliphatic carbocycles. The highest BCUT2D eigenvalue weighted by Gasteiger charge is 2.62. The first kappa shape index (κ1) is 22.4. The predicted molar refractivity (Wildman–Crippen MR) is 106 cm³/mol. The smallest absolute Gasteiger partial charge is 0.431 e. The largest absolute Gasteiger partial charge is 0.446 e. The van der Waals surface area contributed by atoms with E-state index in [1.807, 2.05) is 0 Å². The molecule has 160 valence electrons. The van der Waals surface area contributed by atoms with Gasteiger partial charge in [0.05, 0.1) is 11.6 Å². The fourth-order valence-electron chi connectivity index (χ4n) is 3.30. The van der Waals surface area contributed by atoms with Gasteiger partial charge in [-0.15, -0.1) is 0 Å². The number of esters is 1. The Morgan fingerprint density at radius 1 is 1.13 bits per heavy atom. The molecule has 0 N–H and O–H groups in total. The van der Waals surface area contributed by atoms with Crippen LogP contribution in [0.4, 0.5) is 13.2 Å². The molecule has 1 aliphatic rings. The van der Waals surface area contributed by atoms with Crippen molar-refractivity contribution in [3.8, 4) is 11.6 Å². The van der Waals surface area contributed by atoms with Crippen molar-refractivity contribution in [2.45, 2.75) is 26.1 Å². The molecular formula is C21H18Cl2F3NO3. The first-order valence-corrected chi connectivity index (χ1v) is 9.75. The molecule has 1 heterocycles. The molecule has 1 fully saturated rings. The van der Waals surface area contributed by atoms with E-state index in [2.05, 4.69) is 4.98 Å². The molecule has 1 aromatic carbocycles. The highest BCUT2D eigenvalue weighted by Crippen LogP contribution is 2.60. The van der Waals surface area contributed by atoms with Gasteiger partial charge in [-0.25, -0.2) is 4.98 Å². The number of nitrogens with zero attached hydrogens (tertiary/aromatic N) is 1. The summed E-state index contributed by atoms with van der Waals surface area (Å²) in [5.41, 5.74) is -1.10. The van der Waals surface area contributed by atoms with Gasteiger partial charge in [-0.1, -0.05) is 61.3 Å². The topological polar surface area (TPSA) is 48.4 Å². The van der Waals surface area contributed by atoms with Crippen LogP contribution in [0.1, 0.15) is 25.6 Å². The molecule has 9 heteroatoms. The number of carbonyl (C=O) groups is 1. The number of hydrogen-bond acceptors (Lipinski definition) is 4. The van der Waals surface area contributed by atoms with Gasteiger partial charge in [0.25, 0.3) is 0 Å². The SMILES string of the molecule is CC1(C)C(C=C(Cl)Cl)C1C(=O)OC(c1cccc(Oc2ccccc2)n1)C(F)(F)F. The van der Waals surface area contributed by atoms with Crippen LogP contribution in [0.25, 0.3) is 0 Å². The number of hydrogen-bond donors (Lipinski definition) is 0. The van der Waals surface area contributed by atoms with Crippen molar-refractivity contribution in [2.24, 2.45) is 17.3 Å². The van der Waals surface area contributed by atoms with Gasteiger partial charge in [0, 0.05) is 6.07 Å². The lowest BCUT2D eigenvalue weighted by atomic mass is 10.1. The van der Waals surface area contributed by atoms with Crippen molar-refractivity contribution in [2.75, 3.05) is 0 Å². The number of para-hydroxylation sites is 1. The van der Waals surface area contributed by atoms with E-state index in [0.29, 0.717) is 5.75 Å². The number of aromatic nitrogens is 1. The molecule has 0 aliphatic heterocycles. The number of halogens is 5. The van der Waals surface area contributed by atoms with Crippen LogP contribution >= 0.6 is 23.2 Å². The van der Waals surface area contributed by atoms with Crippen molar-refractivity contribution < 1.29 is 27.4 Å². The summed E-state index contributed by atoms with van der Waals surface area (Å²) in [5, 5.41) is 0. The van der Waals surface area contributed by atoms with E-state index < -0.39 is 41.2 Å². The zero-order valence-corrected chi connectivity index (χ0v) is 17.5. The summed E-state index contributed by atoms with van der Waals surface area (Å²) in [4.78, 5) is 16.4. The Hall–Kier alpha value is -2.25. The highest BCUT2D eigenvalue weighted by atomic mass is 35.5. The minimum atomic E-state index is -4.86. The fourth-order valence-corrected chi connectivity index (χ4v) is 3.57. The van der Waals surface area contributed by atoms with Gasteiger partial charge >= 0.3 is 12.1 Å². The van der Waals surface area contributed by atoms with Gasteiger partial charge in [-0.2, -0.15) is 13.2 Å². The third kappa shape index (κ3) is 5.08. The summed E-state index contributed by atoms with van der Waals surface area (Å²) in [6.45, 7) is 3.46. The zero-order valence-electron chi connectivity index (χ0n) is 16.0. The summed E-state index contributed by atoms with van der Waals surface area (Å²) >= 11 is 11.3. The van der Waals surface area contributed by atoms with E-state index in [9.17, 15) is 18.0 Å². The summed E-state index contributed by atoms with van der Waals surface area (Å²) < 4.78 is 51.4. The second-order valence-electron chi connectivity index (χ2n) is 7.46. The highest BCUT2D eigenvalue weighted by molar-refractivity contribution is 6.55. The van der Waals surface area contributed by atoms with E-state index in [-0.39, 0.29) is 10.4 Å². The van der Waals surface area contributed by atoms with E-state index in [1.165, 1.54) is 18.2 Å². The van der Waals surface area contributed by atoms with Crippen LogP contribution < -0.4 is 4.74 Å². The average molecular weight is 460 g/mol. The maximum atomic E-state index is 13.7. The van der Waals surface area contributed by atoms with Gasteiger partial charge in [-0.05, 0) is 35.6 Å². The number of ether oxygens (including phenoxy) is 2. The third-order valence-corrected chi connectivity index (χ3v) is 5.23. The third-order valence-electron chi connectivity index (χ3n) is 4.98. The van der Waals surface area contributed by atoms with Crippen molar-refractivity contribution in [3.05, 3.63) is 64.8 Å². The Kier molecular flexibility index (Phi) is 6.34. The molecule has 0 radical (unpaired) electrons. The Labute approximate surface area is 181 Å². The first-order valence-electron chi connectivity index (χ1n) is 9.00. The molecule has 0 saturated heterocycles. The number of benzene rings is 1. The van der Waals surface area contributed by atoms with Gasteiger partial charge < -0.3 is 9.47 Å². The standard InChI is InChI=1S/C21H18Cl2F3NO3/c1-20(2)13(11-15(22)23)17(20)19(28)30-18(21(24,25)26)14-9-6-10-16(27-14)29-12-7-4-3-5-8-12/h3-11,13,17-18H,1-2H3. The number of carbonyl (C=O) groups excluding carboxylic acids is 1. The summed E-state index contributed by atoms with van der Waals surface area (Å²) in [6.07, 6.45) is -5.95. The maximum Gasteiger partial charge on any atom is 0.431 e. The van der Waals surface area contributed by atoms with E-state index in [1.54, 1.807) is 44.2 Å². The minimum absolute atomic E-state index is 0.0505. The summed E-state index contributed by atoms with van der Waals surface area (Å²) in [6, 6.07) is 12.4. The van der Waals surface area contributed by atoms with E-state index in [0.717, 1.165) is 6.07 Å². The number of alkyl halides is 3. The number of pyridine rings is 1. The Balaban J connectivity index is 1.81. The van der Waals surface area contributed by atoms with Crippen LogP contribution in [0.5, 0.6) is 11.6 Å². The average Bonchev–Trinajstić information content (AvgIpc) is 3.19. The second kappa shape index (κ2) is 8.47. The molecule has 0 bridgehead atoms. The molecule has 1 saturated carbocycles. The number of rotatable bonds is 6. The van der Waals surface area contributed by atoms with Gasteiger partial charge in [-0.3, -0.25) is 4.79 Å². The Morgan fingerprint density at radius 2 is 1.80 bits per heavy atom. The van der Waals surface area contributed by atoms with E-state index >= 15 is 0 Å². The van der Waals surface area contributed by atoms with Crippen LogP contribution in [0.15, 0.2) is 59.1 Å². The Morgan fingerprint density at radius 3 is 2.40 bits per heavy atom. The molecule has 0 amide bonds. The van der Waals surface area contributed by atoms with Crippen LogP contribution in [-0.4, -0.2) is 17.1 Å². The van der Waals surface area contributed by atoms with Crippen LogP contribution in [0.2, 0.25) is 0 Å². The normalized spacial score (nSPS) is 20.8. The molecule has 4 nitrogen and oxygen atoms in total. The number of allylic oxidation sites excluding steroid dienone is 1. The van der Waals surface area contributed by atoms with Gasteiger partial charge in [0.15, 0.2) is 0 Å². The van der Waals surface area contributed by atoms with Crippen LogP contribution in [0, 0.1) is 17.3 Å². The molecule has 30 heavy (non-hydrogen) atoms. The Bertz CT molecular complexity index is 944. The van der Waals surface area contributed by atoms with Crippen molar-refractivity contribution in [1.29, 1.82) is 0 Å². The lowest BCUT2D eigenvalue weighted by Crippen LogP contribution is -2.28. The quantitative estimate of drug-likeness (QED) is 0.455. The van der Waals surface area contributed by atoms with Crippen molar-refractivity contribution in [3.63, 3.8) is 0 Å². The maximum absolute atomic E-state index is 13.7. The fraction of sp³-hybridized carbons (Fsp3) is 0.333. The lowest BCUT2D eigenvalue weighted by molar-refractivity contribution is -0.226. The first-order chi connectivity index (χ1) is 14.0. The molecule has 1 aromatic heterocycles. The monoisotopic (exact) mass is 459 g/mol. The second-order valence-corrected chi connectivity index (χ2v) is 8.46.